The molecule has 2 amide bonds. The molecular weight excluding hydrogens is 322 g/mol. The first-order valence-corrected chi connectivity index (χ1v) is 8.55. The van der Waals surface area contributed by atoms with Gasteiger partial charge in [-0.25, -0.2) is 0 Å². The van der Waals surface area contributed by atoms with Crippen LogP contribution in [0.15, 0.2) is 29.3 Å². The average molecular weight is 338 g/mol. The lowest BCUT2D eigenvalue weighted by Crippen LogP contribution is -2.33. The summed E-state index contributed by atoms with van der Waals surface area (Å²) in [5.74, 6) is 0.278. The summed E-state index contributed by atoms with van der Waals surface area (Å²) in [5.41, 5.74) is 0.617. The van der Waals surface area contributed by atoms with Crippen molar-refractivity contribution in [2.45, 2.75) is 12.8 Å². The lowest BCUT2D eigenvalue weighted by Gasteiger charge is -2.20. The number of aliphatic imine (C=N–C) groups is 1. The second-order valence-electron chi connectivity index (χ2n) is 5.16. The second-order valence-corrected chi connectivity index (χ2v) is 6.51. The van der Waals surface area contributed by atoms with Crippen molar-refractivity contribution in [2.24, 2.45) is 4.99 Å². The zero-order valence-corrected chi connectivity index (χ0v) is 13.6. The minimum absolute atomic E-state index is 0.101. The predicted octanol–water partition coefficient (Wildman–Crippen LogP) is 2.40. The molecule has 0 aromatic heterocycles. The molecule has 2 aliphatic rings. The molecule has 2 aliphatic heterocycles. The van der Waals surface area contributed by atoms with Crippen LogP contribution in [0.1, 0.15) is 12.8 Å². The number of likely N-dealkylation sites (tertiary alicyclic amines) is 1. The second kappa shape index (κ2) is 6.71. The normalized spacial score (nSPS) is 18.0. The molecule has 0 radical (unpaired) electrons. The van der Waals surface area contributed by atoms with Gasteiger partial charge in [0, 0.05) is 13.1 Å². The zero-order chi connectivity index (χ0) is 15.5. The van der Waals surface area contributed by atoms with Crippen LogP contribution >= 0.6 is 23.4 Å². The number of carbonyl (C=O) groups is 2. The van der Waals surface area contributed by atoms with E-state index in [9.17, 15) is 9.59 Å². The Hall–Kier alpha value is -1.53. The fraction of sp³-hybridized carbons (Fsp3) is 0.400. The van der Waals surface area contributed by atoms with Gasteiger partial charge in [-0.1, -0.05) is 35.5 Å². The minimum atomic E-state index is -0.121. The molecule has 1 aromatic carbocycles. The summed E-state index contributed by atoms with van der Waals surface area (Å²) < 4.78 is 0. The smallest absolute Gasteiger partial charge is 0.254 e. The van der Waals surface area contributed by atoms with Gasteiger partial charge in [0.25, 0.3) is 5.91 Å². The lowest BCUT2D eigenvalue weighted by molar-refractivity contribution is -0.127. The molecule has 1 fully saturated rings. The van der Waals surface area contributed by atoms with Crippen LogP contribution in [-0.2, 0) is 9.59 Å². The zero-order valence-electron chi connectivity index (χ0n) is 12.0. The SMILES string of the molecule is O=C(CSC1=NCC(=O)N1c1ccccc1Cl)N1CCCC1. The molecule has 0 spiro atoms. The van der Waals surface area contributed by atoms with Gasteiger partial charge in [-0.2, -0.15) is 0 Å². The van der Waals surface area contributed by atoms with Crippen LogP contribution in [0.4, 0.5) is 5.69 Å². The first-order valence-electron chi connectivity index (χ1n) is 7.19. The molecule has 7 heteroatoms. The summed E-state index contributed by atoms with van der Waals surface area (Å²) in [6.07, 6.45) is 2.14. The number of nitrogens with zero attached hydrogens (tertiary/aromatic N) is 3. The highest BCUT2D eigenvalue weighted by Crippen LogP contribution is 2.30. The Kier molecular flexibility index (Phi) is 4.69. The fourth-order valence-corrected chi connectivity index (χ4v) is 3.69. The van der Waals surface area contributed by atoms with Crippen molar-refractivity contribution in [3.63, 3.8) is 0 Å². The molecule has 116 valence electrons. The number of hydrogen-bond donors (Lipinski definition) is 0. The number of para-hydroxylation sites is 1. The molecule has 2 heterocycles. The average Bonchev–Trinajstić information content (AvgIpc) is 3.16. The fourth-order valence-electron chi connectivity index (χ4n) is 2.55. The van der Waals surface area contributed by atoms with Gasteiger partial charge in [0.15, 0.2) is 5.17 Å². The van der Waals surface area contributed by atoms with Crippen LogP contribution < -0.4 is 4.90 Å². The Bertz CT molecular complexity index is 629. The van der Waals surface area contributed by atoms with Crippen molar-refractivity contribution in [1.29, 1.82) is 0 Å². The molecule has 0 aliphatic carbocycles. The van der Waals surface area contributed by atoms with Crippen LogP contribution in [0.3, 0.4) is 0 Å². The number of hydrogen-bond acceptors (Lipinski definition) is 4. The Morgan fingerprint density at radius 2 is 2.00 bits per heavy atom. The third kappa shape index (κ3) is 3.13. The highest BCUT2D eigenvalue weighted by Gasteiger charge is 2.30. The van der Waals surface area contributed by atoms with Crippen molar-refractivity contribution in [1.82, 2.24) is 4.90 Å². The summed E-state index contributed by atoms with van der Waals surface area (Å²) in [6, 6.07) is 7.15. The molecule has 0 bridgehead atoms. The topological polar surface area (TPSA) is 53.0 Å². The summed E-state index contributed by atoms with van der Waals surface area (Å²) in [5, 5.41) is 1.04. The Morgan fingerprint density at radius 3 is 2.73 bits per heavy atom. The molecule has 0 N–H and O–H groups in total. The molecule has 5 nitrogen and oxygen atoms in total. The van der Waals surface area contributed by atoms with E-state index in [2.05, 4.69) is 4.99 Å². The first-order chi connectivity index (χ1) is 10.7. The minimum Gasteiger partial charge on any atom is -0.342 e. The van der Waals surface area contributed by atoms with Crippen LogP contribution in [0.2, 0.25) is 5.02 Å². The third-order valence-corrected chi connectivity index (χ3v) is 4.95. The van der Waals surface area contributed by atoms with E-state index < -0.39 is 0 Å². The van der Waals surface area contributed by atoms with Crippen molar-refractivity contribution in [2.75, 3.05) is 30.3 Å². The van der Waals surface area contributed by atoms with Crippen LogP contribution in [-0.4, -0.2) is 47.3 Å². The van der Waals surface area contributed by atoms with Crippen molar-refractivity contribution in [3.05, 3.63) is 29.3 Å². The first kappa shape index (κ1) is 15.4. The number of amides is 2. The maximum atomic E-state index is 12.1. The Morgan fingerprint density at radius 1 is 1.27 bits per heavy atom. The maximum Gasteiger partial charge on any atom is 0.254 e. The molecule has 0 saturated carbocycles. The molecule has 0 unspecified atom stereocenters. The number of amidine groups is 1. The number of rotatable bonds is 3. The van der Waals surface area contributed by atoms with E-state index in [1.54, 1.807) is 12.1 Å². The van der Waals surface area contributed by atoms with E-state index in [0.717, 1.165) is 25.9 Å². The van der Waals surface area contributed by atoms with Gasteiger partial charge in [-0.3, -0.25) is 19.5 Å². The highest BCUT2D eigenvalue weighted by molar-refractivity contribution is 8.14. The lowest BCUT2D eigenvalue weighted by atomic mass is 10.3. The molecule has 1 aromatic rings. The van der Waals surface area contributed by atoms with Crippen molar-refractivity contribution in [3.8, 4) is 0 Å². The van der Waals surface area contributed by atoms with Crippen molar-refractivity contribution < 1.29 is 9.59 Å². The summed E-state index contributed by atoms with van der Waals surface area (Å²) in [6.45, 7) is 1.77. The van der Waals surface area contributed by atoms with Crippen LogP contribution in [0.5, 0.6) is 0 Å². The number of anilines is 1. The molecular formula is C15H16ClN3O2S. The van der Waals surface area contributed by atoms with E-state index in [4.69, 9.17) is 11.6 Å². The summed E-state index contributed by atoms with van der Waals surface area (Å²) in [7, 11) is 0. The standard InChI is InChI=1S/C15H16ClN3O2S/c16-11-5-1-2-6-12(11)19-13(20)9-17-15(19)22-10-14(21)18-7-3-4-8-18/h1-2,5-6H,3-4,7-10H2. The summed E-state index contributed by atoms with van der Waals surface area (Å²) in [4.78, 5) is 31.8. The van der Waals surface area contributed by atoms with Gasteiger partial charge in [-0.15, -0.1) is 0 Å². The monoisotopic (exact) mass is 337 g/mol. The van der Waals surface area contributed by atoms with Gasteiger partial charge in [0.2, 0.25) is 5.91 Å². The molecule has 22 heavy (non-hydrogen) atoms. The van der Waals surface area contributed by atoms with Crippen LogP contribution in [0, 0.1) is 0 Å². The van der Waals surface area contributed by atoms with E-state index >= 15 is 0 Å². The van der Waals surface area contributed by atoms with Gasteiger partial charge in [0.05, 0.1) is 16.5 Å². The molecule has 3 rings (SSSR count). The van der Waals surface area contributed by atoms with Crippen molar-refractivity contribution >= 4 is 46.0 Å². The number of thioether (sulfide) groups is 1. The summed E-state index contributed by atoms with van der Waals surface area (Å²) >= 11 is 7.47. The van der Waals surface area contributed by atoms with E-state index in [1.807, 2.05) is 17.0 Å². The van der Waals surface area contributed by atoms with Gasteiger partial charge >= 0.3 is 0 Å². The Labute approximate surface area is 138 Å². The largest absolute Gasteiger partial charge is 0.342 e. The van der Waals surface area contributed by atoms with E-state index in [0.29, 0.717) is 21.6 Å². The predicted molar refractivity (Wildman–Crippen MR) is 89.5 cm³/mol. The third-order valence-electron chi connectivity index (χ3n) is 3.67. The molecule has 0 atom stereocenters. The Balaban J connectivity index is 1.69. The quantitative estimate of drug-likeness (QED) is 0.851. The maximum absolute atomic E-state index is 12.1. The van der Waals surface area contributed by atoms with Gasteiger partial charge in [0.1, 0.15) is 6.54 Å². The van der Waals surface area contributed by atoms with Gasteiger partial charge in [-0.05, 0) is 25.0 Å². The molecule has 1 saturated heterocycles. The number of carbonyl (C=O) groups excluding carboxylic acids is 2. The highest BCUT2D eigenvalue weighted by atomic mass is 35.5. The number of halogens is 1. The van der Waals surface area contributed by atoms with E-state index in [1.165, 1.54) is 16.7 Å². The van der Waals surface area contributed by atoms with Crippen LogP contribution in [0.25, 0.3) is 0 Å². The van der Waals surface area contributed by atoms with Gasteiger partial charge < -0.3 is 4.90 Å². The number of benzene rings is 1. The van der Waals surface area contributed by atoms with E-state index in [-0.39, 0.29) is 18.4 Å².